The van der Waals surface area contributed by atoms with Gasteiger partial charge in [0.1, 0.15) is 0 Å². The van der Waals surface area contributed by atoms with Gasteiger partial charge >= 0.3 is 5.97 Å². The molecular formula is C14H14BrNO4. The van der Waals surface area contributed by atoms with Crippen molar-refractivity contribution in [3.05, 3.63) is 40.4 Å². The summed E-state index contributed by atoms with van der Waals surface area (Å²) in [5.41, 5.74) is 0.877. The molecule has 1 unspecified atom stereocenters. The van der Waals surface area contributed by atoms with Gasteiger partial charge in [0.2, 0.25) is 5.91 Å². The number of hydrogen-bond acceptors (Lipinski definition) is 3. The molecule has 0 bridgehead atoms. The molecule has 1 atom stereocenters. The van der Waals surface area contributed by atoms with Crippen LogP contribution in [0.1, 0.15) is 5.56 Å². The fourth-order valence-electron chi connectivity index (χ4n) is 1.91. The molecule has 6 heteroatoms. The Morgan fingerprint density at radius 3 is 2.70 bits per heavy atom. The number of amides is 1. The maximum Gasteiger partial charge on any atom is 0.328 e. The summed E-state index contributed by atoms with van der Waals surface area (Å²) in [5.74, 6) is -1.36. The van der Waals surface area contributed by atoms with E-state index in [2.05, 4.69) is 15.9 Å². The highest BCUT2D eigenvalue weighted by atomic mass is 79.9. The van der Waals surface area contributed by atoms with Crippen LogP contribution >= 0.6 is 15.9 Å². The number of benzene rings is 1. The molecule has 0 aliphatic carbocycles. The van der Waals surface area contributed by atoms with Crippen molar-refractivity contribution in [2.75, 3.05) is 19.8 Å². The summed E-state index contributed by atoms with van der Waals surface area (Å²) in [6, 6.07) is 6.56. The molecule has 106 valence electrons. The zero-order valence-electron chi connectivity index (χ0n) is 10.7. The Hall–Kier alpha value is -1.66. The predicted octanol–water partition coefficient (Wildman–Crippen LogP) is 1.77. The van der Waals surface area contributed by atoms with E-state index in [1.807, 2.05) is 24.3 Å². The van der Waals surface area contributed by atoms with Gasteiger partial charge in [0, 0.05) is 17.1 Å². The summed E-state index contributed by atoms with van der Waals surface area (Å²) in [6.07, 6.45) is 3.06. The number of carboxylic acids is 1. The van der Waals surface area contributed by atoms with Crippen LogP contribution in [0.25, 0.3) is 6.08 Å². The van der Waals surface area contributed by atoms with E-state index < -0.39 is 12.0 Å². The highest BCUT2D eigenvalue weighted by molar-refractivity contribution is 9.10. The van der Waals surface area contributed by atoms with Gasteiger partial charge in [-0.3, -0.25) is 4.79 Å². The third-order valence-electron chi connectivity index (χ3n) is 2.98. The molecule has 0 radical (unpaired) electrons. The van der Waals surface area contributed by atoms with Gasteiger partial charge in [0.05, 0.1) is 13.2 Å². The summed E-state index contributed by atoms with van der Waals surface area (Å²) >= 11 is 3.33. The summed E-state index contributed by atoms with van der Waals surface area (Å²) in [5, 5.41) is 9.07. The van der Waals surface area contributed by atoms with Crippen LogP contribution in [0.5, 0.6) is 0 Å². The Morgan fingerprint density at radius 1 is 1.35 bits per heavy atom. The van der Waals surface area contributed by atoms with E-state index in [4.69, 9.17) is 9.84 Å². The van der Waals surface area contributed by atoms with Crippen molar-refractivity contribution in [3.8, 4) is 0 Å². The highest BCUT2D eigenvalue weighted by Gasteiger charge is 2.31. The van der Waals surface area contributed by atoms with E-state index in [1.54, 1.807) is 6.08 Å². The van der Waals surface area contributed by atoms with E-state index in [-0.39, 0.29) is 12.5 Å². The van der Waals surface area contributed by atoms with Crippen LogP contribution in [0.15, 0.2) is 34.8 Å². The van der Waals surface area contributed by atoms with Crippen molar-refractivity contribution < 1.29 is 19.4 Å². The van der Waals surface area contributed by atoms with E-state index in [0.717, 1.165) is 10.0 Å². The second kappa shape index (κ2) is 6.67. The van der Waals surface area contributed by atoms with Gasteiger partial charge in [-0.1, -0.05) is 28.1 Å². The lowest BCUT2D eigenvalue weighted by Gasteiger charge is -2.31. The predicted molar refractivity (Wildman–Crippen MR) is 77.1 cm³/mol. The van der Waals surface area contributed by atoms with Gasteiger partial charge in [0.25, 0.3) is 0 Å². The smallest absolute Gasteiger partial charge is 0.328 e. The average Bonchev–Trinajstić information content (AvgIpc) is 2.46. The molecule has 1 fully saturated rings. The first-order chi connectivity index (χ1) is 9.58. The molecule has 1 aliphatic heterocycles. The Balaban J connectivity index is 2.06. The maximum atomic E-state index is 12.1. The molecule has 1 amide bonds. The number of carbonyl (C=O) groups excluding carboxylic acids is 1. The van der Waals surface area contributed by atoms with Crippen LogP contribution in [-0.4, -0.2) is 47.7 Å². The molecule has 1 saturated heterocycles. The Labute approximate surface area is 125 Å². The first-order valence-corrected chi connectivity index (χ1v) is 6.92. The molecule has 1 N–H and O–H groups in total. The first-order valence-electron chi connectivity index (χ1n) is 6.13. The van der Waals surface area contributed by atoms with Gasteiger partial charge in [-0.05, 0) is 23.8 Å². The van der Waals surface area contributed by atoms with Gasteiger partial charge in [-0.25, -0.2) is 4.79 Å². The highest BCUT2D eigenvalue weighted by Crippen LogP contribution is 2.13. The summed E-state index contributed by atoms with van der Waals surface area (Å²) < 4.78 is 6.05. The zero-order chi connectivity index (χ0) is 14.5. The number of hydrogen-bond donors (Lipinski definition) is 1. The fraction of sp³-hybridized carbons (Fsp3) is 0.286. The number of rotatable bonds is 3. The minimum Gasteiger partial charge on any atom is -0.480 e. The van der Waals surface area contributed by atoms with E-state index in [9.17, 15) is 9.59 Å². The van der Waals surface area contributed by atoms with E-state index in [1.165, 1.54) is 11.0 Å². The molecule has 1 heterocycles. The number of halogens is 1. The quantitative estimate of drug-likeness (QED) is 0.852. The van der Waals surface area contributed by atoms with E-state index >= 15 is 0 Å². The summed E-state index contributed by atoms with van der Waals surface area (Å²) in [4.78, 5) is 24.5. The SMILES string of the molecule is O=C(O)C1COCCN1C(=O)C=Cc1ccc(Br)cc1. The van der Waals surface area contributed by atoms with E-state index in [0.29, 0.717) is 13.2 Å². The molecule has 0 aromatic heterocycles. The third-order valence-corrected chi connectivity index (χ3v) is 3.51. The standard InChI is InChI=1S/C14H14BrNO4/c15-11-4-1-10(2-5-11)3-6-13(17)16-7-8-20-9-12(16)14(18)19/h1-6,12H,7-9H2,(H,18,19). The molecule has 0 spiro atoms. The number of ether oxygens (including phenoxy) is 1. The van der Waals surface area contributed by atoms with Crippen LogP contribution < -0.4 is 0 Å². The number of morpholine rings is 1. The van der Waals surface area contributed by atoms with Crippen molar-refractivity contribution >= 4 is 33.9 Å². The minimum atomic E-state index is -1.05. The molecule has 0 saturated carbocycles. The Bertz CT molecular complexity index is 526. The summed E-state index contributed by atoms with van der Waals surface area (Å²) in [6.45, 7) is 0.690. The molecule has 2 rings (SSSR count). The molecule has 1 aromatic rings. The van der Waals surface area contributed by atoms with Crippen molar-refractivity contribution in [2.45, 2.75) is 6.04 Å². The van der Waals surface area contributed by atoms with Crippen LogP contribution in [0.4, 0.5) is 0 Å². The second-order valence-corrected chi connectivity index (χ2v) is 5.26. The summed E-state index contributed by atoms with van der Waals surface area (Å²) in [7, 11) is 0. The number of carbonyl (C=O) groups is 2. The normalized spacial score (nSPS) is 19.2. The molecule has 5 nitrogen and oxygen atoms in total. The lowest BCUT2D eigenvalue weighted by molar-refractivity contribution is -0.156. The van der Waals surface area contributed by atoms with Gasteiger partial charge in [-0.15, -0.1) is 0 Å². The topological polar surface area (TPSA) is 66.8 Å². The van der Waals surface area contributed by atoms with Gasteiger partial charge in [-0.2, -0.15) is 0 Å². The third kappa shape index (κ3) is 3.68. The van der Waals surface area contributed by atoms with Crippen molar-refractivity contribution in [1.82, 2.24) is 4.90 Å². The zero-order valence-corrected chi connectivity index (χ0v) is 12.2. The van der Waals surface area contributed by atoms with Gasteiger partial charge < -0.3 is 14.7 Å². The lowest BCUT2D eigenvalue weighted by atomic mass is 10.2. The van der Waals surface area contributed by atoms with Crippen LogP contribution in [0, 0.1) is 0 Å². The number of nitrogens with zero attached hydrogens (tertiary/aromatic N) is 1. The molecule has 1 aromatic carbocycles. The van der Waals surface area contributed by atoms with Gasteiger partial charge in [0.15, 0.2) is 6.04 Å². The van der Waals surface area contributed by atoms with Crippen molar-refractivity contribution in [2.24, 2.45) is 0 Å². The Morgan fingerprint density at radius 2 is 2.05 bits per heavy atom. The Kier molecular flexibility index (Phi) is 4.92. The average molecular weight is 340 g/mol. The first kappa shape index (κ1) is 14.7. The molecule has 1 aliphatic rings. The van der Waals surface area contributed by atoms with Crippen LogP contribution in [0.3, 0.4) is 0 Å². The van der Waals surface area contributed by atoms with Crippen LogP contribution in [-0.2, 0) is 14.3 Å². The largest absolute Gasteiger partial charge is 0.480 e. The molecule has 20 heavy (non-hydrogen) atoms. The number of aliphatic carboxylic acids is 1. The van der Waals surface area contributed by atoms with Crippen molar-refractivity contribution in [1.29, 1.82) is 0 Å². The van der Waals surface area contributed by atoms with Crippen LogP contribution in [0.2, 0.25) is 0 Å². The lowest BCUT2D eigenvalue weighted by Crippen LogP contribution is -2.52. The molecular weight excluding hydrogens is 326 g/mol. The fourth-order valence-corrected chi connectivity index (χ4v) is 2.17. The maximum absolute atomic E-state index is 12.1. The second-order valence-electron chi connectivity index (χ2n) is 4.35. The minimum absolute atomic E-state index is 0.0349. The number of carboxylic acid groups (broad SMARTS) is 1. The monoisotopic (exact) mass is 339 g/mol. The van der Waals surface area contributed by atoms with Crippen molar-refractivity contribution in [3.63, 3.8) is 0 Å².